The van der Waals surface area contributed by atoms with Gasteiger partial charge in [-0.15, -0.1) is 0 Å². The van der Waals surface area contributed by atoms with E-state index in [1.807, 2.05) is 0 Å². The number of benzene rings is 1. The van der Waals surface area contributed by atoms with Gasteiger partial charge in [-0.05, 0) is 37.5 Å². The highest BCUT2D eigenvalue weighted by atomic mass is 19.1. The second kappa shape index (κ2) is 8.07. The van der Waals surface area contributed by atoms with Crippen LogP contribution in [0, 0.1) is 18.7 Å². The highest BCUT2D eigenvalue weighted by molar-refractivity contribution is 5.81. The third kappa shape index (κ3) is 4.65. The molecule has 2 amide bonds. The molecule has 0 aliphatic carbocycles. The molecule has 7 nitrogen and oxygen atoms in total. The zero-order chi connectivity index (χ0) is 18.5. The maximum Gasteiger partial charge on any atom is 0.246 e. The molecule has 0 atom stereocenters. The van der Waals surface area contributed by atoms with Crippen LogP contribution in [0.15, 0.2) is 28.8 Å². The van der Waals surface area contributed by atoms with Gasteiger partial charge in [-0.1, -0.05) is 17.3 Å². The van der Waals surface area contributed by atoms with E-state index in [-0.39, 0.29) is 36.5 Å². The van der Waals surface area contributed by atoms with Gasteiger partial charge in [0.1, 0.15) is 5.82 Å². The Bertz CT molecular complexity index is 767. The van der Waals surface area contributed by atoms with Crippen LogP contribution in [-0.4, -0.2) is 39.9 Å². The SMILES string of the molecule is Cc1noc(CNC(=O)C2CCN(C(=O)Cc3ccc(F)cc3)CC2)n1. The normalized spacial score (nSPS) is 15.1. The lowest BCUT2D eigenvalue weighted by molar-refractivity contribution is -0.135. The van der Waals surface area contributed by atoms with Gasteiger partial charge in [0.25, 0.3) is 0 Å². The summed E-state index contributed by atoms with van der Waals surface area (Å²) in [6, 6.07) is 5.94. The van der Waals surface area contributed by atoms with E-state index in [1.165, 1.54) is 12.1 Å². The Labute approximate surface area is 150 Å². The Morgan fingerprint density at radius 2 is 1.96 bits per heavy atom. The first-order chi connectivity index (χ1) is 12.5. The van der Waals surface area contributed by atoms with Crippen LogP contribution in [0.3, 0.4) is 0 Å². The van der Waals surface area contributed by atoms with Crippen molar-refractivity contribution in [1.29, 1.82) is 0 Å². The maximum absolute atomic E-state index is 12.9. The van der Waals surface area contributed by atoms with Crippen LogP contribution in [0.1, 0.15) is 30.1 Å². The van der Waals surface area contributed by atoms with E-state index < -0.39 is 0 Å². The van der Waals surface area contributed by atoms with Crippen LogP contribution in [0.2, 0.25) is 0 Å². The standard InChI is InChI=1S/C18H21FN4O3/c1-12-21-16(26-22-12)11-20-18(25)14-6-8-23(9-7-14)17(24)10-13-2-4-15(19)5-3-13/h2-5,14H,6-11H2,1H3,(H,20,25). The zero-order valence-electron chi connectivity index (χ0n) is 14.6. The summed E-state index contributed by atoms with van der Waals surface area (Å²) in [4.78, 5) is 30.4. The number of amides is 2. The van der Waals surface area contributed by atoms with Crippen LogP contribution in [-0.2, 0) is 22.6 Å². The third-order valence-electron chi connectivity index (χ3n) is 4.47. The van der Waals surface area contributed by atoms with Crippen LogP contribution < -0.4 is 5.32 Å². The number of likely N-dealkylation sites (tertiary alicyclic amines) is 1. The van der Waals surface area contributed by atoms with Crippen LogP contribution in [0.4, 0.5) is 4.39 Å². The molecule has 1 aromatic heterocycles. The molecule has 0 bridgehead atoms. The van der Waals surface area contributed by atoms with E-state index in [0.29, 0.717) is 37.6 Å². The summed E-state index contributed by atoms with van der Waals surface area (Å²) in [6.45, 7) is 3.01. The first kappa shape index (κ1) is 18.0. The van der Waals surface area contributed by atoms with E-state index in [0.717, 1.165) is 5.56 Å². The van der Waals surface area contributed by atoms with Crippen molar-refractivity contribution in [3.05, 3.63) is 47.4 Å². The Kier molecular flexibility index (Phi) is 5.60. The van der Waals surface area contributed by atoms with Gasteiger partial charge in [0.2, 0.25) is 17.7 Å². The van der Waals surface area contributed by atoms with Crippen LogP contribution in [0.5, 0.6) is 0 Å². The lowest BCUT2D eigenvalue weighted by atomic mass is 9.95. The predicted octanol–water partition coefficient (Wildman–Crippen LogP) is 1.61. The van der Waals surface area contributed by atoms with Crippen LogP contribution >= 0.6 is 0 Å². The number of rotatable bonds is 5. The van der Waals surface area contributed by atoms with E-state index >= 15 is 0 Å². The summed E-state index contributed by atoms with van der Waals surface area (Å²) in [5.74, 6) is 0.394. The molecule has 0 saturated carbocycles. The molecule has 0 radical (unpaired) electrons. The Morgan fingerprint density at radius 3 is 2.58 bits per heavy atom. The first-order valence-electron chi connectivity index (χ1n) is 8.60. The molecule has 26 heavy (non-hydrogen) atoms. The molecule has 1 saturated heterocycles. The molecule has 3 rings (SSSR count). The molecular formula is C18H21FN4O3. The molecule has 1 N–H and O–H groups in total. The third-order valence-corrected chi connectivity index (χ3v) is 4.47. The number of hydrogen-bond acceptors (Lipinski definition) is 5. The fraction of sp³-hybridized carbons (Fsp3) is 0.444. The number of carbonyl (C=O) groups excluding carboxylic acids is 2. The summed E-state index contributed by atoms with van der Waals surface area (Å²) < 4.78 is 17.9. The number of aryl methyl sites for hydroxylation is 1. The van der Waals surface area contributed by atoms with E-state index in [4.69, 9.17) is 4.52 Å². The van der Waals surface area contributed by atoms with Crippen molar-refractivity contribution in [3.8, 4) is 0 Å². The molecule has 1 aromatic carbocycles. The number of hydrogen-bond donors (Lipinski definition) is 1. The number of nitrogens with zero attached hydrogens (tertiary/aromatic N) is 3. The molecule has 0 spiro atoms. The van der Waals surface area contributed by atoms with E-state index in [2.05, 4.69) is 15.5 Å². The smallest absolute Gasteiger partial charge is 0.246 e. The number of halogens is 1. The topological polar surface area (TPSA) is 88.3 Å². The monoisotopic (exact) mass is 360 g/mol. The molecule has 0 unspecified atom stereocenters. The minimum Gasteiger partial charge on any atom is -0.347 e. The van der Waals surface area contributed by atoms with Crippen molar-refractivity contribution < 1.29 is 18.5 Å². The fourth-order valence-electron chi connectivity index (χ4n) is 3.00. The number of nitrogens with one attached hydrogen (secondary N) is 1. The van der Waals surface area contributed by atoms with Crippen molar-refractivity contribution in [2.45, 2.75) is 32.7 Å². The average molecular weight is 360 g/mol. The van der Waals surface area contributed by atoms with Gasteiger partial charge < -0.3 is 14.7 Å². The zero-order valence-corrected chi connectivity index (χ0v) is 14.6. The van der Waals surface area contributed by atoms with E-state index in [9.17, 15) is 14.0 Å². The lowest BCUT2D eigenvalue weighted by Gasteiger charge is -2.31. The first-order valence-corrected chi connectivity index (χ1v) is 8.60. The Morgan fingerprint density at radius 1 is 1.27 bits per heavy atom. The van der Waals surface area contributed by atoms with Crippen molar-refractivity contribution in [2.75, 3.05) is 13.1 Å². The molecule has 138 valence electrons. The highest BCUT2D eigenvalue weighted by Crippen LogP contribution is 2.18. The quantitative estimate of drug-likeness (QED) is 0.875. The van der Waals surface area contributed by atoms with Gasteiger partial charge in [0.05, 0.1) is 13.0 Å². The Hall–Kier alpha value is -2.77. The fourth-order valence-corrected chi connectivity index (χ4v) is 3.00. The second-order valence-corrected chi connectivity index (χ2v) is 6.41. The molecule has 2 aromatic rings. The lowest BCUT2D eigenvalue weighted by Crippen LogP contribution is -2.43. The van der Waals surface area contributed by atoms with Crippen molar-refractivity contribution in [1.82, 2.24) is 20.4 Å². The molecule has 8 heteroatoms. The highest BCUT2D eigenvalue weighted by Gasteiger charge is 2.27. The summed E-state index contributed by atoms with van der Waals surface area (Å²) in [6.07, 6.45) is 1.47. The van der Waals surface area contributed by atoms with Gasteiger partial charge in [-0.2, -0.15) is 4.98 Å². The minimum absolute atomic E-state index is 0.00296. The molecule has 2 heterocycles. The van der Waals surface area contributed by atoms with Gasteiger partial charge in [-0.3, -0.25) is 9.59 Å². The van der Waals surface area contributed by atoms with Gasteiger partial charge >= 0.3 is 0 Å². The number of aromatic nitrogens is 2. The van der Waals surface area contributed by atoms with Crippen LogP contribution in [0.25, 0.3) is 0 Å². The minimum atomic E-state index is -0.316. The maximum atomic E-state index is 12.9. The number of piperidine rings is 1. The van der Waals surface area contributed by atoms with Crippen molar-refractivity contribution in [2.24, 2.45) is 5.92 Å². The molecule has 1 aliphatic rings. The largest absolute Gasteiger partial charge is 0.347 e. The van der Waals surface area contributed by atoms with Gasteiger partial charge in [0, 0.05) is 19.0 Å². The van der Waals surface area contributed by atoms with Crippen molar-refractivity contribution >= 4 is 11.8 Å². The summed E-state index contributed by atoms with van der Waals surface area (Å²) >= 11 is 0. The van der Waals surface area contributed by atoms with Gasteiger partial charge in [-0.25, -0.2) is 4.39 Å². The summed E-state index contributed by atoms with van der Waals surface area (Å²) in [5.41, 5.74) is 0.783. The number of carbonyl (C=O) groups is 2. The molecular weight excluding hydrogens is 339 g/mol. The second-order valence-electron chi connectivity index (χ2n) is 6.41. The van der Waals surface area contributed by atoms with Gasteiger partial charge in [0.15, 0.2) is 5.82 Å². The molecule has 1 aliphatic heterocycles. The van der Waals surface area contributed by atoms with E-state index in [1.54, 1.807) is 24.0 Å². The average Bonchev–Trinajstić information content (AvgIpc) is 3.07. The van der Waals surface area contributed by atoms with Crippen molar-refractivity contribution in [3.63, 3.8) is 0 Å². The predicted molar refractivity (Wildman–Crippen MR) is 90.3 cm³/mol. The summed E-state index contributed by atoms with van der Waals surface area (Å²) in [5, 5.41) is 6.47. The summed E-state index contributed by atoms with van der Waals surface area (Å²) in [7, 11) is 0. The molecule has 1 fully saturated rings. The Balaban J connectivity index is 1.43.